The van der Waals surface area contributed by atoms with Crippen LogP contribution in [-0.4, -0.2) is 33.6 Å². The van der Waals surface area contributed by atoms with Crippen molar-refractivity contribution in [2.24, 2.45) is 5.92 Å². The van der Waals surface area contributed by atoms with Gasteiger partial charge in [-0.25, -0.2) is 0 Å². The van der Waals surface area contributed by atoms with Crippen LogP contribution in [0.5, 0.6) is 0 Å². The van der Waals surface area contributed by atoms with Crippen LogP contribution in [0.4, 0.5) is 0 Å². The van der Waals surface area contributed by atoms with Crippen molar-refractivity contribution in [3.05, 3.63) is 40.9 Å². The molecule has 4 nitrogen and oxygen atoms in total. The molecule has 0 unspecified atom stereocenters. The summed E-state index contributed by atoms with van der Waals surface area (Å²) in [5.41, 5.74) is 0.863. The highest BCUT2D eigenvalue weighted by atomic mass is 16.1. The zero-order chi connectivity index (χ0) is 14.1. The molecule has 2 aromatic heterocycles. The van der Waals surface area contributed by atoms with E-state index in [-0.39, 0.29) is 5.56 Å². The summed E-state index contributed by atoms with van der Waals surface area (Å²) < 4.78 is 1.85. The molecule has 0 N–H and O–H groups in total. The Morgan fingerprint density at radius 3 is 3.00 bits per heavy atom. The lowest BCUT2D eigenvalue weighted by molar-refractivity contribution is 0.260. The third kappa shape index (κ3) is 2.48. The van der Waals surface area contributed by atoms with Gasteiger partial charge >= 0.3 is 0 Å². The van der Waals surface area contributed by atoms with E-state index in [9.17, 15) is 4.79 Å². The van der Waals surface area contributed by atoms with E-state index in [1.165, 1.54) is 6.42 Å². The normalized spacial score (nSPS) is 20.1. The predicted molar refractivity (Wildman–Crippen MR) is 80.8 cm³/mol. The monoisotopic (exact) mass is 271 g/mol. The summed E-state index contributed by atoms with van der Waals surface area (Å²) >= 11 is 0. The maximum atomic E-state index is 12.4. The molecular formula is C16H21N3O. The highest BCUT2D eigenvalue weighted by molar-refractivity contribution is 5.76. The first-order chi connectivity index (χ1) is 9.65. The standard InChI is InChI=1S/C16H21N3O/c1-12(2)18-8-5-13(10-18)11-19-9-6-15-14(16(19)20)4-3-7-17-15/h3-4,6-7,9,12-13H,5,8,10-11H2,1-2H3/t13-/m0/s1. The minimum atomic E-state index is 0.0820. The first-order valence-electron chi connectivity index (χ1n) is 7.33. The van der Waals surface area contributed by atoms with E-state index >= 15 is 0 Å². The van der Waals surface area contributed by atoms with Gasteiger partial charge in [0.25, 0.3) is 5.56 Å². The van der Waals surface area contributed by atoms with Gasteiger partial charge in [-0.2, -0.15) is 0 Å². The minimum absolute atomic E-state index is 0.0820. The average Bonchev–Trinajstić information content (AvgIpc) is 2.91. The van der Waals surface area contributed by atoms with Crippen LogP contribution < -0.4 is 5.56 Å². The number of likely N-dealkylation sites (tertiary alicyclic amines) is 1. The van der Waals surface area contributed by atoms with Gasteiger partial charge in [-0.3, -0.25) is 9.78 Å². The van der Waals surface area contributed by atoms with Crippen LogP contribution in [0.15, 0.2) is 35.4 Å². The number of rotatable bonds is 3. The molecule has 1 aliphatic rings. The van der Waals surface area contributed by atoms with Crippen molar-refractivity contribution in [1.29, 1.82) is 0 Å². The molecule has 0 bridgehead atoms. The molecule has 2 aromatic rings. The second-order valence-electron chi connectivity index (χ2n) is 5.95. The fourth-order valence-corrected chi connectivity index (χ4v) is 3.02. The quantitative estimate of drug-likeness (QED) is 0.858. The van der Waals surface area contributed by atoms with Gasteiger partial charge in [0.05, 0.1) is 10.9 Å². The highest BCUT2D eigenvalue weighted by Gasteiger charge is 2.24. The van der Waals surface area contributed by atoms with Crippen LogP contribution in [0.2, 0.25) is 0 Å². The Balaban J connectivity index is 1.82. The Hall–Kier alpha value is -1.68. The van der Waals surface area contributed by atoms with Crippen LogP contribution in [0, 0.1) is 5.92 Å². The summed E-state index contributed by atoms with van der Waals surface area (Å²) in [5.74, 6) is 0.573. The van der Waals surface area contributed by atoms with E-state index in [2.05, 4.69) is 23.7 Å². The van der Waals surface area contributed by atoms with Crippen molar-refractivity contribution in [2.45, 2.75) is 32.9 Å². The average molecular weight is 271 g/mol. The molecule has 20 heavy (non-hydrogen) atoms. The van der Waals surface area contributed by atoms with E-state index < -0.39 is 0 Å². The number of hydrogen-bond acceptors (Lipinski definition) is 3. The molecule has 0 amide bonds. The topological polar surface area (TPSA) is 38.1 Å². The number of nitrogens with zero attached hydrogens (tertiary/aromatic N) is 3. The number of aromatic nitrogens is 2. The molecule has 3 heterocycles. The Bertz CT molecular complexity index is 662. The molecule has 106 valence electrons. The van der Waals surface area contributed by atoms with Crippen LogP contribution in [-0.2, 0) is 6.54 Å². The summed E-state index contributed by atoms with van der Waals surface area (Å²) in [6.45, 7) is 7.51. The summed E-state index contributed by atoms with van der Waals surface area (Å²) in [5, 5.41) is 0.716. The lowest BCUT2D eigenvalue weighted by Gasteiger charge is -2.20. The van der Waals surface area contributed by atoms with E-state index in [0.29, 0.717) is 17.3 Å². The van der Waals surface area contributed by atoms with Gasteiger partial charge in [-0.15, -0.1) is 0 Å². The third-order valence-corrected chi connectivity index (χ3v) is 4.24. The summed E-state index contributed by atoms with van der Waals surface area (Å²) in [6, 6.07) is 6.21. The Morgan fingerprint density at radius 2 is 2.25 bits per heavy atom. The van der Waals surface area contributed by atoms with Gasteiger partial charge in [-0.1, -0.05) is 0 Å². The van der Waals surface area contributed by atoms with E-state index in [1.807, 2.05) is 29.0 Å². The van der Waals surface area contributed by atoms with Gasteiger partial charge in [0, 0.05) is 31.5 Å². The number of hydrogen-bond donors (Lipinski definition) is 0. The molecule has 3 rings (SSSR count). The van der Waals surface area contributed by atoms with Crippen LogP contribution in [0.25, 0.3) is 10.9 Å². The lowest BCUT2D eigenvalue weighted by atomic mass is 10.1. The molecule has 1 aliphatic heterocycles. The predicted octanol–water partition coefficient (Wildman–Crippen LogP) is 2.13. The maximum absolute atomic E-state index is 12.4. The molecule has 0 spiro atoms. The van der Waals surface area contributed by atoms with E-state index in [4.69, 9.17) is 0 Å². The second-order valence-corrected chi connectivity index (χ2v) is 5.95. The second kappa shape index (κ2) is 5.37. The minimum Gasteiger partial charge on any atom is -0.315 e. The lowest BCUT2D eigenvalue weighted by Crippen LogP contribution is -2.30. The highest BCUT2D eigenvalue weighted by Crippen LogP contribution is 2.20. The Morgan fingerprint density at radius 1 is 1.40 bits per heavy atom. The molecular weight excluding hydrogens is 250 g/mol. The summed E-state index contributed by atoms with van der Waals surface area (Å²) in [7, 11) is 0. The fourth-order valence-electron chi connectivity index (χ4n) is 3.02. The Labute approximate surface area is 119 Å². The Kier molecular flexibility index (Phi) is 3.57. The molecule has 0 aliphatic carbocycles. The first-order valence-corrected chi connectivity index (χ1v) is 7.33. The van der Waals surface area contributed by atoms with Gasteiger partial charge in [0.2, 0.25) is 0 Å². The van der Waals surface area contributed by atoms with Gasteiger partial charge in [0.15, 0.2) is 0 Å². The van der Waals surface area contributed by atoms with Crippen molar-refractivity contribution >= 4 is 10.9 Å². The van der Waals surface area contributed by atoms with Crippen LogP contribution in [0.1, 0.15) is 20.3 Å². The zero-order valence-electron chi connectivity index (χ0n) is 12.1. The first kappa shape index (κ1) is 13.3. The maximum Gasteiger partial charge on any atom is 0.260 e. The molecule has 0 radical (unpaired) electrons. The molecule has 1 saturated heterocycles. The number of fused-ring (bicyclic) bond motifs is 1. The van der Waals surface area contributed by atoms with Crippen molar-refractivity contribution in [1.82, 2.24) is 14.5 Å². The van der Waals surface area contributed by atoms with Crippen molar-refractivity contribution < 1.29 is 0 Å². The smallest absolute Gasteiger partial charge is 0.260 e. The molecule has 1 atom stereocenters. The largest absolute Gasteiger partial charge is 0.315 e. The molecule has 4 heteroatoms. The zero-order valence-corrected chi connectivity index (χ0v) is 12.1. The van der Waals surface area contributed by atoms with Gasteiger partial charge in [0.1, 0.15) is 0 Å². The van der Waals surface area contributed by atoms with Crippen LogP contribution >= 0.6 is 0 Å². The van der Waals surface area contributed by atoms with Crippen LogP contribution in [0.3, 0.4) is 0 Å². The fraction of sp³-hybridized carbons (Fsp3) is 0.500. The van der Waals surface area contributed by atoms with Crippen molar-refractivity contribution in [3.8, 4) is 0 Å². The summed E-state index contributed by atoms with van der Waals surface area (Å²) in [6.07, 6.45) is 4.79. The summed E-state index contributed by atoms with van der Waals surface area (Å²) in [4.78, 5) is 19.2. The molecule has 0 saturated carbocycles. The molecule has 1 fully saturated rings. The van der Waals surface area contributed by atoms with Gasteiger partial charge < -0.3 is 9.47 Å². The van der Waals surface area contributed by atoms with Gasteiger partial charge in [-0.05, 0) is 50.9 Å². The SMILES string of the molecule is CC(C)N1CC[C@H](Cn2ccc3ncccc3c2=O)C1. The van der Waals surface area contributed by atoms with Crippen molar-refractivity contribution in [3.63, 3.8) is 0 Å². The third-order valence-electron chi connectivity index (χ3n) is 4.24. The van der Waals surface area contributed by atoms with E-state index in [0.717, 1.165) is 25.2 Å². The van der Waals surface area contributed by atoms with Crippen molar-refractivity contribution in [2.75, 3.05) is 13.1 Å². The molecule has 0 aromatic carbocycles. The van der Waals surface area contributed by atoms with E-state index in [1.54, 1.807) is 6.20 Å². The number of pyridine rings is 2.